The predicted octanol–water partition coefficient (Wildman–Crippen LogP) is 2.64. The number of aliphatic hydroxyl groups is 1. The first-order chi connectivity index (χ1) is 9.63. The predicted molar refractivity (Wildman–Crippen MR) is 84.9 cm³/mol. The van der Waals surface area contributed by atoms with Gasteiger partial charge in [0.2, 0.25) is 0 Å². The molecule has 1 aliphatic heterocycles. The number of nitrogens with one attached hydrogen (secondary N) is 1. The molecule has 0 aromatic heterocycles. The first kappa shape index (κ1) is 16.3. The number of rotatable bonds is 7. The van der Waals surface area contributed by atoms with E-state index < -0.39 is 0 Å². The Morgan fingerprint density at radius 2 is 2.00 bits per heavy atom. The van der Waals surface area contributed by atoms with E-state index >= 15 is 0 Å². The Morgan fingerprint density at radius 3 is 2.65 bits per heavy atom. The van der Waals surface area contributed by atoms with Crippen LogP contribution in [-0.4, -0.2) is 48.8 Å². The van der Waals surface area contributed by atoms with Gasteiger partial charge in [0, 0.05) is 32.3 Å². The minimum absolute atomic E-state index is 0.360. The molecule has 0 aromatic carbocycles. The average molecular weight is 282 g/mol. The van der Waals surface area contributed by atoms with Crippen LogP contribution in [0.1, 0.15) is 58.8 Å². The first-order valence-electron chi connectivity index (χ1n) is 8.70. The fourth-order valence-corrected chi connectivity index (χ4v) is 4.12. The molecule has 1 saturated carbocycles. The van der Waals surface area contributed by atoms with Gasteiger partial charge in [-0.25, -0.2) is 0 Å². The molecule has 118 valence electrons. The smallest absolute Gasteiger partial charge is 0.0434 e. The molecule has 2 aliphatic rings. The van der Waals surface area contributed by atoms with Crippen LogP contribution in [0.4, 0.5) is 0 Å². The lowest BCUT2D eigenvalue weighted by Crippen LogP contribution is -2.47. The van der Waals surface area contributed by atoms with E-state index in [4.69, 9.17) is 5.11 Å². The molecular weight excluding hydrogens is 248 g/mol. The fraction of sp³-hybridized carbons (Fsp3) is 1.00. The minimum atomic E-state index is 0.360. The maximum atomic E-state index is 9.16. The van der Waals surface area contributed by atoms with Crippen LogP contribution in [0.3, 0.4) is 0 Å². The van der Waals surface area contributed by atoms with Gasteiger partial charge in [-0.05, 0) is 50.0 Å². The summed E-state index contributed by atoms with van der Waals surface area (Å²) in [6.07, 6.45) is 9.24. The van der Waals surface area contributed by atoms with Crippen LogP contribution in [0.25, 0.3) is 0 Å². The van der Waals surface area contributed by atoms with E-state index in [0.29, 0.717) is 18.1 Å². The standard InChI is InChI=1S/C17H34N2O/c1-15(2)18-13-17(8-3-4-9-17)14-19-10-5-6-16(12-19)7-11-20/h15-16,18,20H,3-14H2,1-2H3. The SMILES string of the molecule is CC(C)NCC1(CN2CCCC(CCO)C2)CCCC1. The summed E-state index contributed by atoms with van der Waals surface area (Å²) in [5, 5.41) is 12.8. The minimum Gasteiger partial charge on any atom is -0.396 e. The summed E-state index contributed by atoms with van der Waals surface area (Å²) >= 11 is 0. The number of piperidine rings is 1. The van der Waals surface area contributed by atoms with Crippen molar-refractivity contribution in [2.45, 2.75) is 64.8 Å². The van der Waals surface area contributed by atoms with Gasteiger partial charge < -0.3 is 15.3 Å². The van der Waals surface area contributed by atoms with Gasteiger partial charge in [0.1, 0.15) is 0 Å². The van der Waals surface area contributed by atoms with E-state index in [1.807, 2.05) is 0 Å². The van der Waals surface area contributed by atoms with Gasteiger partial charge in [0.05, 0.1) is 0 Å². The van der Waals surface area contributed by atoms with Gasteiger partial charge in [0.25, 0.3) is 0 Å². The van der Waals surface area contributed by atoms with Crippen molar-refractivity contribution in [3.63, 3.8) is 0 Å². The van der Waals surface area contributed by atoms with E-state index in [2.05, 4.69) is 24.1 Å². The highest BCUT2D eigenvalue weighted by Crippen LogP contribution is 2.39. The van der Waals surface area contributed by atoms with Crippen molar-refractivity contribution < 1.29 is 5.11 Å². The molecule has 0 amide bonds. The van der Waals surface area contributed by atoms with Crippen molar-refractivity contribution in [1.29, 1.82) is 0 Å². The third kappa shape index (κ3) is 4.71. The second kappa shape index (κ2) is 7.77. The van der Waals surface area contributed by atoms with E-state index in [0.717, 1.165) is 12.3 Å². The van der Waals surface area contributed by atoms with Crippen LogP contribution in [-0.2, 0) is 0 Å². The highest BCUT2D eigenvalue weighted by molar-refractivity contribution is 4.91. The number of nitrogens with zero attached hydrogens (tertiary/aromatic N) is 1. The monoisotopic (exact) mass is 282 g/mol. The molecule has 20 heavy (non-hydrogen) atoms. The third-order valence-electron chi connectivity index (χ3n) is 5.25. The number of hydrogen-bond acceptors (Lipinski definition) is 3. The molecule has 3 heteroatoms. The number of hydrogen-bond donors (Lipinski definition) is 2. The van der Waals surface area contributed by atoms with Crippen LogP contribution >= 0.6 is 0 Å². The number of aliphatic hydroxyl groups excluding tert-OH is 1. The number of likely N-dealkylation sites (tertiary alicyclic amines) is 1. The molecular formula is C17H34N2O. The highest BCUT2D eigenvalue weighted by atomic mass is 16.3. The second-order valence-electron chi connectivity index (χ2n) is 7.50. The summed E-state index contributed by atoms with van der Waals surface area (Å²) in [6.45, 7) is 9.80. The molecule has 1 saturated heterocycles. The van der Waals surface area contributed by atoms with Crippen molar-refractivity contribution in [3.8, 4) is 0 Å². The van der Waals surface area contributed by atoms with Gasteiger partial charge in [-0.2, -0.15) is 0 Å². The van der Waals surface area contributed by atoms with Gasteiger partial charge in [-0.15, -0.1) is 0 Å². The van der Waals surface area contributed by atoms with Gasteiger partial charge in [0.15, 0.2) is 0 Å². The lowest BCUT2D eigenvalue weighted by molar-refractivity contribution is 0.0921. The van der Waals surface area contributed by atoms with Crippen LogP contribution < -0.4 is 5.32 Å². The molecule has 2 rings (SSSR count). The summed E-state index contributed by atoms with van der Waals surface area (Å²) in [4.78, 5) is 2.69. The van der Waals surface area contributed by atoms with Crippen molar-refractivity contribution in [2.75, 3.05) is 32.8 Å². The third-order valence-corrected chi connectivity index (χ3v) is 5.25. The van der Waals surface area contributed by atoms with Crippen molar-refractivity contribution in [2.24, 2.45) is 11.3 Å². The zero-order valence-electron chi connectivity index (χ0n) is 13.5. The lowest BCUT2D eigenvalue weighted by atomic mass is 9.83. The normalized spacial score (nSPS) is 27.3. The van der Waals surface area contributed by atoms with E-state index in [9.17, 15) is 0 Å². The molecule has 1 heterocycles. The van der Waals surface area contributed by atoms with E-state index in [1.54, 1.807) is 0 Å². The van der Waals surface area contributed by atoms with Crippen LogP contribution in [0.2, 0.25) is 0 Å². The zero-order valence-corrected chi connectivity index (χ0v) is 13.5. The maximum Gasteiger partial charge on any atom is 0.0434 e. The Morgan fingerprint density at radius 1 is 1.25 bits per heavy atom. The first-order valence-corrected chi connectivity index (χ1v) is 8.70. The van der Waals surface area contributed by atoms with Crippen molar-refractivity contribution >= 4 is 0 Å². The Kier molecular flexibility index (Phi) is 6.31. The van der Waals surface area contributed by atoms with Gasteiger partial charge in [-0.3, -0.25) is 0 Å². The Labute approximate surface area is 125 Å². The maximum absolute atomic E-state index is 9.16. The van der Waals surface area contributed by atoms with E-state index in [1.165, 1.54) is 64.7 Å². The molecule has 0 radical (unpaired) electrons. The molecule has 1 aliphatic carbocycles. The summed E-state index contributed by atoms with van der Waals surface area (Å²) < 4.78 is 0. The zero-order chi connectivity index (χ0) is 14.4. The summed E-state index contributed by atoms with van der Waals surface area (Å²) in [6, 6.07) is 0.593. The van der Waals surface area contributed by atoms with Crippen LogP contribution in [0.5, 0.6) is 0 Å². The molecule has 1 unspecified atom stereocenters. The topological polar surface area (TPSA) is 35.5 Å². The molecule has 0 spiro atoms. The Balaban J connectivity index is 1.87. The van der Waals surface area contributed by atoms with E-state index in [-0.39, 0.29) is 0 Å². The Bertz CT molecular complexity index is 272. The molecule has 0 aromatic rings. The molecule has 0 bridgehead atoms. The van der Waals surface area contributed by atoms with Crippen LogP contribution in [0, 0.1) is 11.3 Å². The summed E-state index contributed by atoms with van der Waals surface area (Å²) in [5.74, 6) is 0.727. The lowest BCUT2D eigenvalue weighted by Gasteiger charge is -2.40. The van der Waals surface area contributed by atoms with Crippen molar-refractivity contribution in [1.82, 2.24) is 10.2 Å². The quantitative estimate of drug-likeness (QED) is 0.753. The second-order valence-corrected chi connectivity index (χ2v) is 7.50. The molecule has 1 atom stereocenters. The average Bonchev–Trinajstić information content (AvgIpc) is 2.86. The molecule has 3 nitrogen and oxygen atoms in total. The molecule has 2 fully saturated rings. The van der Waals surface area contributed by atoms with Crippen molar-refractivity contribution in [3.05, 3.63) is 0 Å². The molecule has 2 N–H and O–H groups in total. The largest absolute Gasteiger partial charge is 0.396 e. The van der Waals surface area contributed by atoms with Gasteiger partial charge >= 0.3 is 0 Å². The summed E-state index contributed by atoms with van der Waals surface area (Å²) in [7, 11) is 0. The highest BCUT2D eigenvalue weighted by Gasteiger charge is 2.36. The Hall–Kier alpha value is -0.120. The fourth-order valence-electron chi connectivity index (χ4n) is 4.12. The van der Waals surface area contributed by atoms with Gasteiger partial charge in [-0.1, -0.05) is 26.7 Å². The summed E-state index contributed by atoms with van der Waals surface area (Å²) in [5.41, 5.74) is 0.519. The van der Waals surface area contributed by atoms with Crippen LogP contribution in [0.15, 0.2) is 0 Å².